The smallest absolute Gasteiger partial charge is 0.376 e. The zero-order chi connectivity index (χ0) is 44.4. The first-order valence-electron chi connectivity index (χ1n) is 21.3. The average Bonchev–Trinajstić information content (AvgIpc) is 3.54. The summed E-state index contributed by atoms with van der Waals surface area (Å²) in [6, 6.07) is 19.8. The van der Waals surface area contributed by atoms with Gasteiger partial charge in [-0.05, 0) is 114 Å². The van der Waals surface area contributed by atoms with Crippen LogP contribution in [0.3, 0.4) is 0 Å². The van der Waals surface area contributed by atoms with Crippen LogP contribution in [-0.4, -0.2) is 137 Å². The molecule has 13 nitrogen and oxygen atoms in total. The van der Waals surface area contributed by atoms with E-state index in [1.54, 1.807) is 13.0 Å². The van der Waals surface area contributed by atoms with Gasteiger partial charge in [-0.25, -0.2) is 4.98 Å². The Morgan fingerprint density at radius 2 is 1.17 bits per heavy atom. The van der Waals surface area contributed by atoms with Crippen molar-refractivity contribution in [3.63, 3.8) is 0 Å². The van der Waals surface area contributed by atoms with Gasteiger partial charge in [-0.1, -0.05) is 47.5 Å². The van der Waals surface area contributed by atoms with Crippen LogP contribution in [0, 0.1) is 6.92 Å². The van der Waals surface area contributed by atoms with Crippen LogP contribution >= 0.6 is 23.2 Å². The Hall–Kier alpha value is -4.19. The monoisotopic (exact) mass is 908 g/mol. The van der Waals surface area contributed by atoms with E-state index in [4.69, 9.17) is 37.4 Å². The van der Waals surface area contributed by atoms with Crippen LogP contribution in [0.4, 0.5) is 0 Å². The van der Waals surface area contributed by atoms with Crippen LogP contribution in [0.5, 0.6) is 0 Å². The van der Waals surface area contributed by atoms with Crippen LogP contribution in [0.15, 0.2) is 85.5 Å². The van der Waals surface area contributed by atoms with E-state index in [0.717, 1.165) is 121 Å². The number of hydrogen-bond donors (Lipinski definition) is 2. The van der Waals surface area contributed by atoms with Crippen LogP contribution in [0.1, 0.15) is 62.7 Å². The largest absolute Gasteiger partial charge is 0.437 e. The van der Waals surface area contributed by atoms with E-state index >= 15 is 0 Å². The van der Waals surface area contributed by atoms with Crippen molar-refractivity contribution in [3.8, 4) is 0 Å². The van der Waals surface area contributed by atoms with E-state index in [2.05, 4.69) is 48.4 Å². The Labute approximate surface area is 381 Å². The highest BCUT2D eigenvalue weighted by Crippen LogP contribution is 2.42. The molecule has 0 saturated carbocycles. The van der Waals surface area contributed by atoms with E-state index in [-0.39, 0.29) is 18.7 Å². The number of pyridine rings is 2. The van der Waals surface area contributed by atoms with Gasteiger partial charge >= 0.3 is 14.1 Å². The number of aryl methyl sites for hydroxylation is 1. The number of rotatable bonds is 9. The summed E-state index contributed by atoms with van der Waals surface area (Å²) in [4.78, 5) is 23.0. The van der Waals surface area contributed by atoms with E-state index in [0.29, 0.717) is 5.02 Å². The quantitative estimate of drug-likeness (QED) is 0.133. The van der Waals surface area contributed by atoms with Crippen LogP contribution < -0.4 is 0 Å². The molecule has 2 atom stereocenters. The molecule has 63 heavy (non-hydrogen) atoms. The van der Waals surface area contributed by atoms with E-state index in [1.807, 2.05) is 85.7 Å². The lowest BCUT2D eigenvalue weighted by Gasteiger charge is -2.40. The second kappa shape index (κ2) is 19.5. The number of halogens is 2. The molecule has 0 spiro atoms. The van der Waals surface area contributed by atoms with Gasteiger partial charge in [-0.2, -0.15) is 8.42 Å². The third kappa shape index (κ3) is 10.4. The van der Waals surface area contributed by atoms with Crippen molar-refractivity contribution in [3.05, 3.63) is 146 Å². The topological polar surface area (TPSA) is 140 Å². The number of imidazole rings is 1. The second-order valence-corrected chi connectivity index (χ2v) is 19.1. The molecule has 2 unspecified atom stereocenters. The molecule has 9 rings (SSSR count). The Morgan fingerprint density at radius 1 is 0.698 bits per heavy atom. The number of nitrogens with zero attached hydrogens (tertiary/aromatic N) is 8. The highest BCUT2D eigenvalue weighted by Gasteiger charge is 2.36. The Kier molecular flexibility index (Phi) is 14.0. The van der Waals surface area contributed by atoms with Gasteiger partial charge in [0.15, 0.2) is 0 Å². The van der Waals surface area contributed by atoms with Crippen molar-refractivity contribution >= 4 is 70.7 Å². The molecule has 2 aliphatic carbocycles. The maximum atomic E-state index is 11.7. The fourth-order valence-electron chi connectivity index (χ4n) is 9.13. The SMILES string of the molecule is CB(O)N1CCN(C2c3ccc(Cl)cc3C(COS(C)(=O)=O)=Cc3cccnc32)CC1.CB(O)N1CCN(C2c3ccc(Cl)cc3C(Cn3ccnc3C)=Cc3cccnc32)CC1. The van der Waals surface area contributed by atoms with Crippen molar-refractivity contribution in [2.24, 2.45) is 0 Å². The lowest BCUT2D eigenvalue weighted by molar-refractivity contribution is 0.144. The Balaban J connectivity index is 0.000000173. The standard InChI is InChI=1S/C24H27BClN5O.C21H25BClN3O4S/c1-17-27-8-9-30(17)16-19-14-18-4-3-7-28-23(18)24(21-6-5-20(26)15-22(19)21)29-10-12-31(13-11-29)25(2)32;1-22(27)26-10-8-25(9-11-26)21-18-6-5-17(23)13-19(18)16(14-30-31(2,28)29)12-15-4-3-7-24-20(15)21/h3-9,14-15,24,32H,10-13,16H2,1-2H3;3-7,12-13,21,27H,8-11,14H2,1-2H3. The molecule has 2 aliphatic heterocycles. The van der Waals surface area contributed by atoms with Crippen molar-refractivity contribution in [2.45, 2.75) is 39.2 Å². The van der Waals surface area contributed by atoms with Crippen molar-refractivity contribution in [1.29, 1.82) is 0 Å². The molecule has 2 fully saturated rings. The second-order valence-electron chi connectivity index (χ2n) is 16.5. The Morgan fingerprint density at radius 3 is 1.62 bits per heavy atom. The van der Waals surface area contributed by atoms with Gasteiger partial charge in [0, 0.05) is 93.7 Å². The third-order valence-electron chi connectivity index (χ3n) is 12.4. The number of hydrogen-bond acceptors (Lipinski definition) is 12. The molecule has 2 saturated heterocycles. The minimum absolute atomic E-state index is 0.0345. The molecule has 2 N–H and O–H groups in total. The van der Waals surface area contributed by atoms with Crippen LogP contribution in [0.2, 0.25) is 23.7 Å². The van der Waals surface area contributed by atoms with Gasteiger partial charge < -0.3 is 24.2 Å². The summed E-state index contributed by atoms with van der Waals surface area (Å²) < 4.78 is 30.6. The summed E-state index contributed by atoms with van der Waals surface area (Å²) in [5.41, 5.74) is 10.2. The number of fused-ring (bicyclic) bond motifs is 4. The first-order chi connectivity index (χ1) is 30.2. The minimum Gasteiger partial charge on any atom is -0.437 e. The number of allylic oxidation sites excluding steroid dienone is 1. The third-order valence-corrected chi connectivity index (χ3v) is 13.4. The van der Waals surface area contributed by atoms with E-state index in [9.17, 15) is 18.5 Å². The molecule has 5 aromatic rings. The van der Waals surface area contributed by atoms with Gasteiger partial charge in [0.1, 0.15) is 5.82 Å². The van der Waals surface area contributed by atoms with Gasteiger partial charge in [-0.15, -0.1) is 0 Å². The lowest BCUT2D eigenvalue weighted by Crippen LogP contribution is -2.52. The average molecular weight is 910 g/mol. The molecular weight excluding hydrogens is 857 g/mol. The molecular formula is C45H52B2Cl2N8O5S. The fourth-order valence-corrected chi connectivity index (χ4v) is 9.81. The molecule has 0 bridgehead atoms. The maximum Gasteiger partial charge on any atom is 0.376 e. The maximum absolute atomic E-state index is 11.7. The zero-order valence-electron chi connectivity index (χ0n) is 36.0. The lowest BCUT2D eigenvalue weighted by atomic mass is 9.84. The minimum atomic E-state index is -3.60. The highest BCUT2D eigenvalue weighted by molar-refractivity contribution is 7.86. The molecule has 328 valence electrons. The van der Waals surface area contributed by atoms with E-state index < -0.39 is 24.2 Å². The van der Waals surface area contributed by atoms with Crippen LogP contribution in [0.25, 0.3) is 23.3 Å². The summed E-state index contributed by atoms with van der Waals surface area (Å²) in [5.74, 6) is 0.982. The fraction of sp³-hybridized carbons (Fsp3) is 0.356. The van der Waals surface area contributed by atoms with Gasteiger partial charge in [0.2, 0.25) is 0 Å². The summed E-state index contributed by atoms with van der Waals surface area (Å²) in [7, 11) is -4.50. The summed E-state index contributed by atoms with van der Waals surface area (Å²) >= 11 is 12.8. The molecule has 4 aliphatic rings. The summed E-state index contributed by atoms with van der Waals surface area (Å²) in [6.45, 7) is 12.7. The molecule has 18 heteroatoms. The molecule has 3 aromatic heterocycles. The molecule has 5 heterocycles. The Bertz CT molecular complexity index is 2610. The summed E-state index contributed by atoms with van der Waals surface area (Å²) in [5, 5.41) is 21.2. The van der Waals surface area contributed by atoms with E-state index in [1.165, 1.54) is 11.1 Å². The van der Waals surface area contributed by atoms with Gasteiger partial charge in [0.05, 0.1) is 36.3 Å². The molecule has 0 amide bonds. The predicted molar refractivity (Wildman–Crippen MR) is 253 cm³/mol. The first-order valence-corrected chi connectivity index (χ1v) is 23.9. The van der Waals surface area contributed by atoms with Crippen molar-refractivity contribution < 1.29 is 22.6 Å². The normalized spacial score (nSPS) is 19.5. The number of aromatic nitrogens is 4. The first kappa shape index (κ1) is 45.4. The molecule has 2 aromatic carbocycles. The van der Waals surface area contributed by atoms with Gasteiger partial charge in [0.25, 0.3) is 10.1 Å². The highest BCUT2D eigenvalue weighted by atomic mass is 35.5. The van der Waals surface area contributed by atoms with Crippen LogP contribution in [-0.2, 0) is 20.8 Å². The van der Waals surface area contributed by atoms with Crippen molar-refractivity contribution in [1.82, 2.24) is 38.9 Å². The summed E-state index contributed by atoms with van der Waals surface area (Å²) in [6.07, 6.45) is 12.8. The molecule has 0 radical (unpaired) electrons. The van der Waals surface area contributed by atoms with Gasteiger partial charge in [-0.3, -0.25) is 24.0 Å². The number of piperazine rings is 2. The predicted octanol–water partition coefficient (Wildman–Crippen LogP) is 5.99. The zero-order valence-corrected chi connectivity index (χ0v) is 38.3. The number of benzene rings is 2. The van der Waals surface area contributed by atoms with Crippen molar-refractivity contribution in [2.75, 3.05) is 65.2 Å².